The van der Waals surface area contributed by atoms with Crippen LogP contribution in [0.25, 0.3) is 0 Å². The van der Waals surface area contributed by atoms with Crippen molar-refractivity contribution in [1.29, 1.82) is 0 Å². The number of nitrogens with zero attached hydrogens (tertiary/aromatic N) is 3. The Bertz CT molecular complexity index is 1330. The molecule has 0 aromatic heterocycles. The van der Waals surface area contributed by atoms with Crippen LogP contribution in [0.1, 0.15) is 39.0 Å². The predicted octanol–water partition coefficient (Wildman–Crippen LogP) is 3.89. The van der Waals surface area contributed by atoms with E-state index in [1.54, 1.807) is 20.3 Å². The third-order valence-electron chi connectivity index (χ3n) is 8.01. The zero-order valence-corrected chi connectivity index (χ0v) is 21.2. The van der Waals surface area contributed by atoms with E-state index in [0.717, 1.165) is 30.6 Å². The zero-order chi connectivity index (χ0) is 25.5. The standard InChI is InChI=1S/C30H31N3O4/c1-36-25-18-23-24(19-26(25)37-2)29(34)33-13-12-20-8-6-7-11-22(20)28(33)27(23)30(35)32-16-14-31(15-17-32)21-9-4-3-5-10-21/h3-11,18-19,27-28H,12-17H2,1-2H3/t27-,28-/m1/s1. The molecular weight excluding hydrogens is 466 g/mol. The molecule has 2 amide bonds. The average molecular weight is 498 g/mol. The first-order chi connectivity index (χ1) is 18.1. The van der Waals surface area contributed by atoms with Crippen LogP contribution < -0.4 is 14.4 Å². The molecule has 0 N–H and O–H groups in total. The number of carbonyl (C=O) groups excluding carboxylic acids is 2. The summed E-state index contributed by atoms with van der Waals surface area (Å²) in [6, 6.07) is 21.8. The molecule has 0 unspecified atom stereocenters. The molecule has 7 nitrogen and oxygen atoms in total. The molecule has 3 aromatic rings. The van der Waals surface area contributed by atoms with Gasteiger partial charge in [0.1, 0.15) is 0 Å². The van der Waals surface area contributed by atoms with E-state index in [9.17, 15) is 9.59 Å². The van der Waals surface area contributed by atoms with Crippen molar-refractivity contribution in [2.75, 3.05) is 51.8 Å². The van der Waals surface area contributed by atoms with Crippen LogP contribution in [-0.4, -0.2) is 68.6 Å². The maximum atomic E-state index is 14.4. The summed E-state index contributed by atoms with van der Waals surface area (Å²) < 4.78 is 11.1. The van der Waals surface area contributed by atoms with Crippen LogP contribution in [0.15, 0.2) is 66.7 Å². The third kappa shape index (κ3) is 3.89. The molecule has 3 aliphatic heterocycles. The minimum absolute atomic E-state index is 0.0559. The second-order valence-electron chi connectivity index (χ2n) is 9.81. The van der Waals surface area contributed by atoms with E-state index < -0.39 is 5.92 Å². The molecule has 0 saturated carbocycles. The van der Waals surface area contributed by atoms with Crippen LogP contribution in [0.2, 0.25) is 0 Å². The Morgan fingerprint density at radius 3 is 2.22 bits per heavy atom. The molecule has 190 valence electrons. The first kappa shape index (κ1) is 23.4. The topological polar surface area (TPSA) is 62.3 Å². The number of fused-ring (bicyclic) bond motifs is 4. The largest absolute Gasteiger partial charge is 0.493 e. The van der Waals surface area contributed by atoms with Crippen LogP contribution in [0.5, 0.6) is 11.5 Å². The Labute approximate surface area is 217 Å². The summed E-state index contributed by atoms with van der Waals surface area (Å²) in [5.74, 6) is 0.498. The number of piperazine rings is 1. The Morgan fingerprint density at radius 2 is 1.49 bits per heavy atom. The molecular formula is C30H31N3O4. The molecule has 0 aliphatic carbocycles. The van der Waals surface area contributed by atoms with Gasteiger partial charge in [0.15, 0.2) is 11.5 Å². The molecule has 1 saturated heterocycles. The van der Waals surface area contributed by atoms with Crippen LogP contribution in [0, 0.1) is 0 Å². The fourth-order valence-electron chi connectivity index (χ4n) is 6.14. The van der Waals surface area contributed by atoms with E-state index in [1.165, 1.54) is 11.3 Å². The second-order valence-corrected chi connectivity index (χ2v) is 9.81. The fraction of sp³-hybridized carbons (Fsp3) is 0.333. The first-order valence-electron chi connectivity index (χ1n) is 12.8. The summed E-state index contributed by atoms with van der Waals surface area (Å²) in [5, 5.41) is 0. The van der Waals surface area contributed by atoms with Crippen molar-refractivity contribution >= 4 is 17.5 Å². The monoisotopic (exact) mass is 497 g/mol. The van der Waals surface area contributed by atoms with Gasteiger partial charge < -0.3 is 24.2 Å². The van der Waals surface area contributed by atoms with E-state index in [-0.39, 0.29) is 17.9 Å². The lowest BCUT2D eigenvalue weighted by Crippen LogP contribution is -2.54. The van der Waals surface area contributed by atoms with Crippen molar-refractivity contribution in [3.63, 3.8) is 0 Å². The number of methoxy groups -OCH3 is 2. The molecule has 7 heteroatoms. The molecule has 6 rings (SSSR count). The fourth-order valence-corrected chi connectivity index (χ4v) is 6.14. The van der Waals surface area contributed by atoms with Crippen molar-refractivity contribution < 1.29 is 19.1 Å². The van der Waals surface area contributed by atoms with E-state index in [0.29, 0.717) is 36.7 Å². The lowest BCUT2D eigenvalue weighted by molar-refractivity contribution is -0.135. The second kappa shape index (κ2) is 9.47. The summed E-state index contributed by atoms with van der Waals surface area (Å²) >= 11 is 0. The average Bonchev–Trinajstić information content (AvgIpc) is 2.97. The normalized spacial score (nSPS) is 20.6. The smallest absolute Gasteiger partial charge is 0.254 e. The molecule has 3 aromatic carbocycles. The van der Waals surface area contributed by atoms with Gasteiger partial charge in [0, 0.05) is 44.0 Å². The molecule has 0 spiro atoms. The molecule has 0 radical (unpaired) electrons. The number of benzene rings is 3. The molecule has 3 aliphatic rings. The number of ether oxygens (including phenoxy) is 2. The molecule has 3 heterocycles. The van der Waals surface area contributed by atoms with E-state index in [2.05, 4.69) is 29.2 Å². The highest BCUT2D eigenvalue weighted by molar-refractivity contribution is 6.02. The van der Waals surface area contributed by atoms with E-state index in [4.69, 9.17) is 9.47 Å². The first-order valence-corrected chi connectivity index (χ1v) is 12.8. The minimum Gasteiger partial charge on any atom is -0.493 e. The van der Waals surface area contributed by atoms with Gasteiger partial charge in [-0.15, -0.1) is 0 Å². The van der Waals surface area contributed by atoms with Gasteiger partial charge in [0.05, 0.1) is 26.2 Å². The molecule has 2 atom stereocenters. The van der Waals surface area contributed by atoms with Gasteiger partial charge in [-0.2, -0.15) is 0 Å². The van der Waals surface area contributed by atoms with Gasteiger partial charge in [-0.05, 0) is 47.4 Å². The Kier molecular flexibility index (Phi) is 5.99. The third-order valence-corrected chi connectivity index (χ3v) is 8.01. The highest BCUT2D eigenvalue weighted by Crippen LogP contribution is 2.49. The Balaban J connectivity index is 1.40. The predicted molar refractivity (Wildman–Crippen MR) is 141 cm³/mol. The summed E-state index contributed by atoms with van der Waals surface area (Å²) in [7, 11) is 3.14. The van der Waals surface area contributed by atoms with Gasteiger partial charge in [0.25, 0.3) is 5.91 Å². The maximum Gasteiger partial charge on any atom is 0.254 e. The minimum atomic E-state index is -0.516. The molecule has 1 fully saturated rings. The highest BCUT2D eigenvalue weighted by Gasteiger charge is 2.48. The highest BCUT2D eigenvalue weighted by atomic mass is 16.5. The number of rotatable bonds is 4. The van der Waals surface area contributed by atoms with Gasteiger partial charge in [-0.1, -0.05) is 42.5 Å². The number of para-hydroxylation sites is 1. The van der Waals surface area contributed by atoms with Crippen molar-refractivity contribution in [3.05, 3.63) is 89.0 Å². The summed E-state index contributed by atoms with van der Waals surface area (Å²) in [6.07, 6.45) is 0.775. The van der Waals surface area contributed by atoms with Crippen molar-refractivity contribution in [1.82, 2.24) is 9.80 Å². The quantitative estimate of drug-likeness (QED) is 0.547. The van der Waals surface area contributed by atoms with Crippen molar-refractivity contribution in [2.24, 2.45) is 0 Å². The summed E-state index contributed by atoms with van der Waals surface area (Å²) in [5.41, 5.74) is 4.68. The van der Waals surface area contributed by atoms with Crippen molar-refractivity contribution in [3.8, 4) is 11.5 Å². The number of hydrogen-bond acceptors (Lipinski definition) is 5. The number of anilines is 1. The number of amides is 2. The van der Waals surface area contributed by atoms with E-state index in [1.807, 2.05) is 46.2 Å². The lowest BCUT2D eigenvalue weighted by atomic mass is 9.75. The maximum absolute atomic E-state index is 14.4. The number of carbonyl (C=O) groups is 2. The lowest BCUT2D eigenvalue weighted by Gasteiger charge is -2.47. The van der Waals surface area contributed by atoms with Crippen LogP contribution in [-0.2, 0) is 11.2 Å². The number of hydrogen-bond donors (Lipinski definition) is 0. The summed E-state index contributed by atoms with van der Waals surface area (Å²) in [6.45, 7) is 3.39. The SMILES string of the molecule is COc1cc2c(cc1OC)[C@@H](C(=O)N1CCN(c3ccccc3)CC1)[C@H]1c3ccccc3CCN1C2=O. The van der Waals surface area contributed by atoms with Crippen LogP contribution in [0.4, 0.5) is 5.69 Å². The zero-order valence-electron chi connectivity index (χ0n) is 21.2. The Hall–Kier alpha value is -4.00. The van der Waals surface area contributed by atoms with Gasteiger partial charge in [-0.25, -0.2) is 0 Å². The molecule has 0 bridgehead atoms. The molecule has 37 heavy (non-hydrogen) atoms. The Morgan fingerprint density at radius 1 is 0.811 bits per heavy atom. The summed E-state index contributed by atoms with van der Waals surface area (Å²) in [4.78, 5) is 34.3. The van der Waals surface area contributed by atoms with Gasteiger partial charge in [-0.3, -0.25) is 9.59 Å². The van der Waals surface area contributed by atoms with Gasteiger partial charge >= 0.3 is 0 Å². The van der Waals surface area contributed by atoms with E-state index >= 15 is 0 Å². The van der Waals surface area contributed by atoms with Crippen LogP contribution >= 0.6 is 0 Å². The van der Waals surface area contributed by atoms with Gasteiger partial charge in [0.2, 0.25) is 5.91 Å². The van der Waals surface area contributed by atoms with Crippen molar-refractivity contribution in [2.45, 2.75) is 18.4 Å². The van der Waals surface area contributed by atoms with Crippen LogP contribution in [0.3, 0.4) is 0 Å².